The molecule has 67 heavy (non-hydrogen) atoms. The molecule has 9 unspecified atom stereocenters. The van der Waals surface area contributed by atoms with E-state index in [1.54, 1.807) is 0 Å². The van der Waals surface area contributed by atoms with Gasteiger partial charge in [-0.25, -0.2) is 0 Å². The molecule has 0 saturated carbocycles. The zero-order valence-corrected chi connectivity index (χ0v) is 42.6. The Balaban J connectivity index is 2.41. The van der Waals surface area contributed by atoms with E-state index in [0.29, 0.717) is 19.3 Å². The third-order valence-corrected chi connectivity index (χ3v) is 13.1. The second kappa shape index (κ2) is 45.2. The first kappa shape index (κ1) is 63.1. The predicted octanol–water partition coefficient (Wildman–Crippen LogP) is 10.9. The van der Waals surface area contributed by atoms with E-state index in [9.17, 15) is 40.5 Å². The van der Waals surface area contributed by atoms with Crippen molar-refractivity contribution >= 4 is 5.91 Å². The third kappa shape index (κ3) is 34.1. The molecule has 0 radical (unpaired) electrons. The molecule has 1 aliphatic rings. The number of hydrogen-bond acceptors (Lipinski definition) is 10. The molecule has 0 aromatic rings. The van der Waals surface area contributed by atoms with E-state index in [1.807, 2.05) is 0 Å². The van der Waals surface area contributed by atoms with Crippen molar-refractivity contribution in [3.8, 4) is 0 Å². The summed E-state index contributed by atoms with van der Waals surface area (Å²) in [6.45, 7) is 3.43. The van der Waals surface area contributed by atoms with Crippen molar-refractivity contribution in [1.82, 2.24) is 5.32 Å². The Morgan fingerprint density at radius 2 is 0.896 bits per heavy atom. The molecule has 392 valence electrons. The molecular formula is C56H103NO10. The van der Waals surface area contributed by atoms with Crippen LogP contribution in [0.25, 0.3) is 0 Å². The monoisotopic (exact) mass is 950 g/mol. The smallest absolute Gasteiger partial charge is 0.249 e. The number of amides is 1. The molecule has 1 fully saturated rings. The van der Waals surface area contributed by atoms with E-state index in [-0.39, 0.29) is 12.8 Å². The van der Waals surface area contributed by atoms with Gasteiger partial charge in [-0.2, -0.15) is 0 Å². The van der Waals surface area contributed by atoms with E-state index in [2.05, 4.69) is 67.8 Å². The van der Waals surface area contributed by atoms with Crippen LogP contribution in [0.5, 0.6) is 0 Å². The molecule has 8 N–H and O–H groups in total. The van der Waals surface area contributed by atoms with Gasteiger partial charge < -0.3 is 50.5 Å². The fourth-order valence-corrected chi connectivity index (χ4v) is 8.53. The van der Waals surface area contributed by atoms with Gasteiger partial charge in [0.2, 0.25) is 5.91 Å². The first-order valence-electron chi connectivity index (χ1n) is 27.5. The minimum atomic E-state index is -1.67. The summed E-state index contributed by atoms with van der Waals surface area (Å²) in [4.78, 5) is 13.1. The summed E-state index contributed by atoms with van der Waals surface area (Å²) in [6, 6.07) is -1.20. The SMILES string of the molecule is CCCCCCCCCC/C=C/CC/C=C/CC/C=C/CCCC(O)C(O)C(COC1OC(CO)C(O)C(O)C1O)NC(=O)C(O)CCCCCCCC/C=C\CCCCCCCCCCC. The highest BCUT2D eigenvalue weighted by molar-refractivity contribution is 5.80. The van der Waals surface area contributed by atoms with Gasteiger partial charge in [-0.1, -0.05) is 191 Å². The van der Waals surface area contributed by atoms with Gasteiger partial charge >= 0.3 is 0 Å². The molecular weight excluding hydrogens is 847 g/mol. The second-order valence-corrected chi connectivity index (χ2v) is 19.3. The minimum absolute atomic E-state index is 0.239. The molecule has 11 nitrogen and oxygen atoms in total. The number of carbonyl (C=O) groups is 1. The zero-order chi connectivity index (χ0) is 49.0. The summed E-state index contributed by atoms with van der Waals surface area (Å²) in [6.07, 6.45) is 44.4. The van der Waals surface area contributed by atoms with Gasteiger partial charge in [0, 0.05) is 0 Å². The maximum absolute atomic E-state index is 13.1. The summed E-state index contributed by atoms with van der Waals surface area (Å²) < 4.78 is 11.1. The number of nitrogens with one attached hydrogen (secondary N) is 1. The standard InChI is InChI=1S/C56H103NO10/c1-3-5-7-9-11-13-15-17-19-21-23-24-26-27-29-31-33-35-37-39-41-43-48(59)51(61)47(46-66-56-54(64)53(63)52(62)50(45-58)67-56)57-55(65)49(60)44-42-40-38-36-34-32-30-28-25-22-20-18-16-14-12-10-8-6-4-2/h21,23,25,27-29,35,37,47-54,56,58-64H,3-20,22,24,26,30-34,36,38-46H2,1-2H3,(H,57,65)/b23-21+,28-25-,29-27+,37-35+. The fourth-order valence-electron chi connectivity index (χ4n) is 8.53. The molecule has 9 atom stereocenters. The number of allylic oxidation sites excluding steroid dienone is 8. The first-order valence-corrected chi connectivity index (χ1v) is 27.5. The molecule has 1 aliphatic heterocycles. The maximum atomic E-state index is 13.1. The molecule has 0 aliphatic carbocycles. The molecule has 0 aromatic heterocycles. The van der Waals surface area contributed by atoms with Gasteiger partial charge in [-0.05, 0) is 89.9 Å². The molecule has 1 heterocycles. The Morgan fingerprint density at radius 3 is 1.33 bits per heavy atom. The summed E-state index contributed by atoms with van der Waals surface area (Å²) >= 11 is 0. The van der Waals surface area contributed by atoms with Gasteiger partial charge in [0.25, 0.3) is 0 Å². The van der Waals surface area contributed by atoms with Crippen molar-refractivity contribution in [2.24, 2.45) is 0 Å². The average Bonchev–Trinajstić information content (AvgIpc) is 3.33. The quantitative estimate of drug-likeness (QED) is 0.0215. The van der Waals surface area contributed by atoms with Crippen molar-refractivity contribution in [2.75, 3.05) is 13.2 Å². The second-order valence-electron chi connectivity index (χ2n) is 19.3. The van der Waals surface area contributed by atoms with Crippen LogP contribution in [0.4, 0.5) is 0 Å². The van der Waals surface area contributed by atoms with Gasteiger partial charge in [0.1, 0.15) is 36.6 Å². The van der Waals surface area contributed by atoms with Crippen LogP contribution in [0, 0.1) is 0 Å². The Kier molecular flexibility index (Phi) is 42.6. The number of ether oxygens (including phenoxy) is 2. The van der Waals surface area contributed by atoms with E-state index in [0.717, 1.165) is 64.2 Å². The van der Waals surface area contributed by atoms with Crippen LogP contribution in [0.15, 0.2) is 48.6 Å². The van der Waals surface area contributed by atoms with Crippen molar-refractivity contribution in [1.29, 1.82) is 0 Å². The molecule has 1 rings (SSSR count). The summed E-state index contributed by atoms with van der Waals surface area (Å²) in [5.74, 6) is -0.717. The van der Waals surface area contributed by atoms with Crippen LogP contribution in [0.2, 0.25) is 0 Å². The van der Waals surface area contributed by atoms with Gasteiger partial charge in [0.15, 0.2) is 6.29 Å². The highest BCUT2D eigenvalue weighted by Crippen LogP contribution is 2.23. The lowest BCUT2D eigenvalue weighted by molar-refractivity contribution is -0.303. The van der Waals surface area contributed by atoms with Crippen molar-refractivity contribution in [2.45, 2.75) is 287 Å². The van der Waals surface area contributed by atoms with Crippen LogP contribution in [0.1, 0.15) is 232 Å². The Labute approximate surface area is 409 Å². The number of unbranched alkanes of at least 4 members (excludes halogenated alkanes) is 26. The highest BCUT2D eigenvalue weighted by Gasteiger charge is 2.44. The summed E-state index contributed by atoms with van der Waals surface area (Å²) in [5, 5.41) is 76.0. The van der Waals surface area contributed by atoms with Gasteiger partial charge in [0.05, 0.1) is 25.4 Å². The Hall–Kier alpha value is -1.93. The number of aliphatic hydroxyl groups is 7. The maximum Gasteiger partial charge on any atom is 0.249 e. The van der Waals surface area contributed by atoms with Crippen LogP contribution in [0.3, 0.4) is 0 Å². The van der Waals surface area contributed by atoms with Crippen molar-refractivity contribution in [3.63, 3.8) is 0 Å². The largest absolute Gasteiger partial charge is 0.394 e. The molecule has 11 heteroatoms. The van der Waals surface area contributed by atoms with Gasteiger partial charge in [-0.15, -0.1) is 0 Å². The lowest BCUT2D eigenvalue weighted by atomic mass is 9.98. The van der Waals surface area contributed by atoms with E-state index in [1.165, 1.54) is 122 Å². The molecule has 1 amide bonds. The molecule has 0 spiro atoms. The highest BCUT2D eigenvalue weighted by atomic mass is 16.7. The molecule has 0 aromatic carbocycles. The van der Waals surface area contributed by atoms with Crippen LogP contribution in [-0.4, -0.2) is 110 Å². The lowest BCUT2D eigenvalue weighted by Gasteiger charge is -2.40. The fraction of sp³-hybridized carbons (Fsp3) is 0.839. The topological polar surface area (TPSA) is 189 Å². The number of rotatable bonds is 46. The third-order valence-electron chi connectivity index (χ3n) is 13.1. The molecule has 0 bridgehead atoms. The molecule has 1 saturated heterocycles. The lowest BCUT2D eigenvalue weighted by Crippen LogP contribution is -2.60. The van der Waals surface area contributed by atoms with E-state index in [4.69, 9.17) is 9.47 Å². The predicted molar refractivity (Wildman–Crippen MR) is 275 cm³/mol. The Bertz CT molecular complexity index is 1230. The normalized spacial score (nSPS) is 21.0. The van der Waals surface area contributed by atoms with Gasteiger partial charge in [-0.3, -0.25) is 4.79 Å². The van der Waals surface area contributed by atoms with Crippen LogP contribution in [-0.2, 0) is 14.3 Å². The summed E-state index contributed by atoms with van der Waals surface area (Å²) in [5.41, 5.74) is 0. The number of aliphatic hydroxyl groups excluding tert-OH is 7. The van der Waals surface area contributed by atoms with Crippen molar-refractivity contribution < 1.29 is 50.0 Å². The zero-order valence-electron chi connectivity index (χ0n) is 42.6. The number of hydrogen-bond donors (Lipinski definition) is 8. The van der Waals surface area contributed by atoms with Crippen LogP contribution < -0.4 is 5.32 Å². The van der Waals surface area contributed by atoms with E-state index < -0.39 is 74.2 Å². The van der Waals surface area contributed by atoms with Crippen molar-refractivity contribution in [3.05, 3.63) is 48.6 Å². The minimum Gasteiger partial charge on any atom is -0.394 e. The van der Waals surface area contributed by atoms with E-state index >= 15 is 0 Å². The Morgan fingerprint density at radius 1 is 0.507 bits per heavy atom. The van der Waals surface area contributed by atoms with Crippen LogP contribution >= 0.6 is 0 Å². The first-order chi connectivity index (χ1) is 32.7. The summed E-state index contributed by atoms with van der Waals surface area (Å²) in [7, 11) is 0. The number of carbonyl (C=O) groups excluding carboxylic acids is 1. The average molecular weight is 950 g/mol.